The second-order valence-corrected chi connectivity index (χ2v) is 12.2. The van der Waals surface area contributed by atoms with Crippen LogP contribution in [0.5, 0.6) is 0 Å². The zero-order valence-electron chi connectivity index (χ0n) is 21.8. The summed E-state index contributed by atoms with van der Waals surface area (Å²) in [5.41, 5.74) is -1.42. The molecule has 0 aromatic carbocycles. The lowest BCUT2D eigenvalue weighted by Gasteiger charge is -2.60. The van der Waals surface area contributed by atoms with Crippen molar-refractivity contribution in [2.45, 2.75) is 116 Å². The van der Waals surface area contributed by atoms with E-state index in [0.29, 0.717) is 25.7 Å². The Morgan fingerprint density at radius 2 is 2.03 bits per heavy atom. The summed E-state index contributed by atoms with van der Waals surface area (Å²) >= 11 is 0. The molecule has 1 aliphatic heterocycles. The number of esters is 1. The van der Waals surface area contributed by atoms with E-state index < -0.39 is 47.6 Å². The lowest BCUT2D eigenvalue weighted by atomic mass is 9.45. The van der Waals surface area contributed by atoms with E-state index in [0.717, 1.165) is 44.6 Å². The van der Waals surface area contributed by atoms with Crippen LogP contribution < -0.4 is 0 Å². The number of aliphatic hydroxyl groups excluding tert-OH is 2. The Bertz CT molecular complexity index is 975. The summed E-state index contributed by atoms with van der Waals surface area (Å²) in [5.74, 6) is -1.16. The predicted molar refractivity (Wildman–Crippen MR) is 128 cm³/mol. The lowest BCUT2D eigenvalue weighted by molar-refractivity contribution is -0.217. The molecule has 5 rings (SSSR count). The van der Waals surface area contributed by atoms with Crippen LogP contribution in [0.1, 0.15) is 85.5 Å². The first kappa shape index (κ1) is 26.0. The minimum Gasteiger partial charge on any atom is -0.428 e. The molecule has 36 heavy (non-hydrogen) atoms. The Balaban J connectivity index is 1.53. The van der Waals surface area contributed by atoms with Crippen LogP contribution in [-0.4, -0.2) is 58.1 Å². The molecule has 1 heterocycles. The number of allylic oxidation sites excluding steroid dienone is 1. The molecule has 0 radical (unpaired) electrons. The van der Waals surface area contributed by atoms with Crippen molar-refractivity contribution < 1.29 is 38.8 Å². The third-order valence-electron chi connectivity index (χ3n) is 10.4. The standard InChI is InChI=1S/C28H40O8/c1-5-6-7-22-35-21-13-19-18-9-8-16-12-17(30)10-11-26(16,3)23(18)20(31)14-27(19,4)28(21,36-22)24(32)25(33)34-15(2)29/h12,18-23,25,31,33H,5-11,13-14H2,1-4H3/t18-,19-,20-,21+,22?,23+,25?,26-,27-,28-/m0/s1. The number of ether oxygens (including phenoxy) is 3. The minimum absolute atomic E-state index is 0.0208. The summed E-state index contributed by atoms with van der Waals surface area (Å²) in [6.45, 7) is 7.39. The van der Waals surface area contributed by atoms with Crippen LogP contribution in [0.15, 0.2) is 11.6 Å². The van der Waals surface area contributed by atoms with Gasteiger partial charge in [0.2, 0.25) is 5.78 Å². The summed E-state index contributed by atoms with van der Waals surface area (Å²) in [4.78, 5) is 37.6. The molecule has 8 nitrogen and oxygen atoms in total. The fourth-order valence-corrected chi connectivity index (χ4v) is 8.83. The van der Waals surface area contributed by atoms with Gasteiger partial charge in [-0.05, 0) is 74.2 Å². The average molecular weight is 505 g/mol. The number of rotatable bonds is 6. The number of carbonyl (C=O) groups excluding carboxylic acids is 3. The monoisotopic (exact) mass is 504 g/mol. The van der Waals surface area contributed by atoms with Crippen LogP contribution in [0.2, 0.25) is 0 Å². The topological polar surface area (TPSA) is 119 Å². The minimum atomic E-state index is -1.95. The largest absolute Gasteiger partial charge is 0.428 e. The first-order valence-electron chi connectivity index (χ1n) is 13.6. The predicted octanol–water partition coefficient (Wildman–Crippen LogP) is 3.22. The average Bonchev–Trinajstić information content (AvgIpc) is 3.29. The molecule has 3 saturated carbocycles. The second kappa shape index (κ2) is 9.00. The number of unbranched alkanes of at least 4 members (excludes halogenated alkanes) is 1. The molecule has 8 heteroatoms. The summed E-state index contributed by atoms with van der Waals surface area (Å²) in [5, 5.41) is 22.4. The van der Waals surface area contributed by atoms with Gasteiger partial charge in [0.15, 0.2) is 17.7 Å². The van der Waals surface area contributed by atoms with E-state index in [-0.39, 0.29) is 29.0 Å². The normalized spacial score (nSPS) is 46.2. The molecule has 2 unspecified atom stereocenters. The number of hydrogen-bond acceptors (Lipinski definition) is 8. The maximum atomic E-state index is 13.9. The molecule has 0 aromatic heterocycles. The van der Waals surface area contributed by atoms with Gasteiger partial charge in [0.05, 0.1) is 12.2 Å². The van der Waals surface area contributed by atoms with Crippen LogP contribution in [0.3, 0.4) is 0 Å². The van der Waals surface area contributed by atoms with Crippen molar-refractivity contribution >= 4 is 17.5 Å². The van der Waals surface area contributed by atoms with E-state index in [1.807, 2.05) is 6.92 Å². The highest BCUT2D eigenvalue weighted by Crippen LogP contribution is 2.70. The molecule has 0 amide bonds. The Kier molecular flexibility index (Phi) is 6.50. The molecule has 200 valence electrons. The Morgan fingerprint density at radius 1 is 1.28 bits per heavy atom. The second-order valence-electron chi connectivity index (χ2n) is 12.2. The third-order valence-corrected chi connectivity index (χ3v) is 10.4. The highest BCUT2D eigenvalue weighted by molar-refractivity contribution is 5.94. The van der Waals surface area contributed by atoms with Crippen molar-refractivity contribution in [2.24, 2.45) is 28.6 Å². The number of fused-ring (bicyclic) bond motifs is 7. The number of hydrogen-bond donors (Lipinski definition) is 2. The number of carbonyl (C=O) groups is 3. The van der Waals surface area contributed by atoms with Crippen molar-refractivity contribution in [1.82, 2.24) is 0 Å². The van der Waals surface area contributed by atoms with Gasteiger partial charge in [-0.25, -0.2) is 0 Å². The highest BCUT2D eigenvalue weighted by atomic mass is 16.7. The van der Waals surface area contributed by atoms with Gasteiger partial charge in [0, 0.05) is 18.8 Å². The Hall–Kier alpha value is -1.61. The molecule has 10 atom stereocenters. The number of ketones is 2. The first-order valence-corrected chi connectivity index (χ1v) is 13.6. The number of aliphatic hydroxyl groups is 2. The summed E-state index contributed by atoms with van der Waals surface area (Å²) < 4.78 is 17.8. The van der Waals surface area contributed by atoms with Crippen LogP contribution in [0, 0.1) is 28.6 Å². The molecular formula is C28H40O8. The van der Waals surface area contributed by atoms with E-state index >= 15 is 0 Å². The van der Waals surface area contributed by atoms with Crippen LogP contribution in [0.4, 0.5) is 0 Å². The zero-order valence-corrected chi connectivity index (χ0v) is 21.8. The molecule has 0 aromatic rings. The van der Waals surface area contributed by atoms with Crippen LogP contribution in [-0.2, 0) is 28.6 Å². The molecule has 0 bridgehead atoms. The van der Waals surface area contributed by atoms with E-state index in [2.05, 4.69) is 13.8 Å². The van der Waals surface area contributed by atoms with E-state index in [4.69, 9.17) is 14.2 Å². The molecule has 5 aliphatic rings. The molecule has 4 fully saturated rings. The van der Waals surface area contributed by atoms with Gasteiger partial charge in [-0.3, -0.25) is 14.4 Å². The highest BCUT2D eigenvalue weighted by Gasteiger charge is 2.76. The van der Waals surface area contributed by atoms with Gasteiger partial charge >= 0.3 is 5.97 Å². The van der Waals surface area contributed by atoms with Gasteiger partial charge < -0.3 is 24.4 Å². The summed E-state index contributed by atoms with van der Waals surface area (Å²) in [6.07, 6.45) is 4.15. The lowest BCUT2D eigenvalue weighted by Crippen LogP contribution is -2.65. The van der Waals surface area contributed by atoms with E-state index in [1.165, 1.54) is 0 Å². The van der Waals surface area contributed by atoms with Gasteiger partial charge in [-0.15, -0.1) is 0 Å². The number of Topliss-reactive ketones (excluding diaryl/α,β-unsaturated/α-hetero) is 1. The van der Waals surface area contributed by atoms with Gasteiger partial charge in [0.1, 0.15) is 0 Å². The van der Waals surface area contributed by atoms with Gasteiger partial charge in [0.25, 0.3) is 6.29 Å². The van der Waals surface area contributed by atoms with Crippen molar-refractivity contribution in [3.63, 3.8) is 0 Å². The van der Waals surface area contributed by atoms with Crippen molar-refractivity contribution in [2.75, 3.05) is 0 Å². The van der Waals surface area contributed by atoms with Gasteiger partial charge in [-0.2, -0.15) is 0 Å². The fraction of sp³-hybridized carbons (Fsp3) is 0.821. The van der Waals surface area contributed by atoms with Crippen molar-refractivity contribution in [3.8, 4) is 0 Å². The summed E-state index contributed by atoms with van der Waals surface area (Å²) in [6, 6.07) is 0. The maximum Gasteiger partial charge on any atom is 0.305 e. The maximum absolute atomic E-state index is 13.9. The van der Waals surface area contributed by atoms with Crippen molar-refractivity contribution in [1.29, 1.82) is 0 Å². The smallest absolute Gasteiger partial charge is 0.305 e. The Labute approximate surface area is 212 Å². The molecule has 1 saturated heterocycles. The van der Waals surface area contributed by atoms with E-state index in [9.17, 15) is 24.6 Å². The molecular weight excluding hydrogens is 464 g/mol. The molecule has 2 N–H and O–H groups in total. The van der Waals surface area contributed by atoms with Crippen molar-refractivity contribution in [3.05, 3.63) is 11.6 Å². The van der Waals surface area contributed by atoms with Crippen LogP contribution >= 0.6 is 0 Å². The third kappa shape index (κ3) is 3.58. The van der Waals surface area contributed by atoms with E-state index in [1.54, 1.807) is 6.08 Å². The van der Waals surface area contributed by atoms with Crippen LogP contribution in [0.25, 0.3) is 0 Å². The SMILES string of the molecule is CCCCC1O[C@@H]2C[C@H]3[C@@H]4CCC5=CC(=O)CC[C@]5(C)[C@H]4[C@@H](O)C[C@]3(C)[C@]2(C(=O)C(O)OC(C)=O)O1. The summed E-state index contributed by atoms with van der Waals surface area (Å²) in [7, 11) is 0. The molecule has 0 spiro atoms. The van der Waals surface area contributed by atoms with Gasteiger partial charge in [-0.1, -0.05) is 32.8 Å². The fourth-order valence-electron chi connectivity index (χ4n) is 8.83. The first-order chi connectivity index (χ1) is 17.0. The zero-order chi connectivity index (χ0) is 26.0. The Morgan fingerprint density at radius 3 is 2.72 bits per heavy atom. The molecule has 4 aliphatic carbocycles. The quantitative estimate of drug-likeness (QED) is 0.418.